The maximum atomic E-state index is 12.0. The summed E-state index contributed by atoms with van der Waals surface area (Å²) in [6.07, 6.45) is 0.740. The molecule has 0 fully saturated rings. The van der Waals surface area contributed by atoms with Crippen LogP contribution in [0.4, 0.5) is 0 Å². The van der Waals surface area contributed by atoms with Gasteiger partial charge in [0.1, 0.15) is 0 Å². The molecule has 0 aromatic rings. The summed E-state index contributed by atoms with van der Waals surface area (Å²) in [7, 11) is -2.98. The molecule has 98 valence electrons. The molecule has 0 aliphatic rings. The van der Waals surface area contributed by atoms with E-state index in [2.05, 4.69) is 36.7 Å². The largest absolute Gasteiger partial charge is 0.228 e. The highest BCUT2D eigenvalue weighted by Gasteiger charge is 2.30. The number of sulfone groups is 1. The fourth-order valence-corrected chi connectivity index (χ4v) is 3.76. The minimum atomic E-state index is -2.98. The first kappa shape index (κ1) is 16.4. The van der Waals surface area contributed by atoms with E-state index in [1.807, 2.05) is 0 Å². The van der Waals surface area contributed by atoms with Crippen molar-refractivity contribution in [3.63, 3.8) is 0 Å². The molecule has 0 aromatic heterocycles. The van der Waals surface area contributed by atoms with Crippen molar-refractivity contribution >= 4 is 25.8 Å². The van der Waals surface area contributed by atoms with Gasteiger partial charge in [-0.1, -0.05) is 36.7 Å². The fraction of sp³-hybridized carbons (Fsp3) is 1.00. The molecule has 0 aliphatic heterocycles. The van der Waals surface area contributed by atoms with Gasteiger partial charge in [0, 0.05) is 4.83 Å². The summed E-state index contributed by atoms with van der Waals surface area (Å²) < 4.78 is 23.3. The first-order valence-corrected chi connectivity index (χ1v) is 8.42. The Labute approximate surface area is 109 Å². The predicted molar refractivity (Wildman–Crippen MR) is 74.9 cm³/mol. The molecule has 0 aromatic carbocycles. The maximum Gasteiger partial charge on any atom is 0.155 e. The first-order chi connectivity index (χ1) is 6.99. The van der Waals surface area contributed by atoms with Crippen LogP contribution in [0.2, 0.25) is 0 Å². The van der Waals surface area contributed by atoms with E-state index >= 15 is 0 Å². The molecule has 2 nitrogen and oxygen atoms in total. The molecule has 2 unspecified atom stereocenters. The van der Waals surface area contributed by atoms with Gasteiger partial charge in [-0.25, -0.2) is 8.42 Å². The van der Waals surface area contributed by atoms with Crippen molar-refractivity contribution in [3.05, 3.63) is 0 Å². The highest BCUT2D eigenvalue weighted by Crippen LogP contribution is 2.27. The van der Waals surface area contributed by atoms with E-state index in [-0.39, 0.29) is 5.75 Å². The molecule has 0 radical (unpaired) electrons. The quantitative estimate of drug-likeness (QED) is 0.726. The molecule has 0 heterocycles. The molecule has 4 heteroatoms. The third-order valence-electron chi connectivity index (χ3n) is 3.10. The molecule has 0 aliphatic carbocycles. The number of hydrogen-bond acceptors (Lipinski definition) is 2. The minimum Gasteiger partial charge on any atom is -0.228 e. The van der Waals surface area contributed by atoms with Crippen molar-refractivity contribution in [1.29, 1.82) is 0 Å². The van der Waals surface area contributed by atoms with Crippen LogP contribution in [0.1, 0.15) is 48.0 Å². The summed E-state index contributed by atoms with van der Waals surface area (Å²) in [6.45, 7) is 11.7. The second-order valence-electron chi connectivity index (χ2n) is 5.81. The van der Waals surface area contributed by atoms with Gasteiger partial charge in [-0.05, 0) is 39.0 Å². The molecule has 0 rings (SSSR count). The SMILES string of the molecule is CC(C)C(CCS(=O)(=O)C(C)(C)C)C(C)Br. The summed E-state index contributed by atoms with van der Waals surface area (Å²) in [4.78, 5) is 0.364. The van der Waals surface area contributed by atoms with E-state index in [9.17, 15) is 8.42 Å². The minimum absolute atomic E-state index is 0.287. The van der Waals surface area contributed by atoms with Crippen LogP contribution in [-0.2, 0) is 9.84 Å². The van der Waals surface area contributed by atoms with Gasteiger partial charge in [-0.15, -0.1) is 0 Å². The lowest BCUT2D eigenvalue weighted by molar-refractivity contribution is 0.374. The van der Waals surface area contributed by atoms with Crippen LogP contribution in [0.3, 0.4) is 0 Å². The van der Waals surface area contributed by atoms with Gasteiger partial charge in [0.2, 0.25) is 0 Å². The Hall–Kier alpha value is 0.430. The monoisotopic (exact) mass is 312 g/mol. The molecule has 0 saturated heterocycles. The fourth-order valence-electron chi connectivity index (χ4n) is 1.69. The lowest BCUT2D eigenvalue weighted by Crippen LogP contribution is -2.32. The summed E-state index contributed by atoms with van der Waals surface area (Å²) in [6, 6.07) is 0. The predicted octanol–water partition coefficient (Wildman–Crippen LogP) is 3.65. The molecule has 2 atom stereocenters. The highest BCUT2D eigenvalue weighted by molar-refractivity contribution is 9.09. The highest BCUT2D eigenvalue weighted by atomic mass is 79.9. The second kappa shape index (κ2) is 5.85. The Morgan fingerprint density at radius 2 is 1.56 bits per heavy atom. The first-order valence-electron chi connectivity index (χ1n) is 5.85. The summed E-state index contributed by atoms with van der Waals surface area (Å²) >= 11 is 3.56. The third-order valence-corrected chi connectivity index (χ3v) is 6.42. The van der Waals surface area contributed by atoms with Crippen LogP contribution < -0.4 is 0 Å². The Morgan fingerprint density at radius 3 is 1.81 bits per heavy atom. The number of halogens is 1. The lowest BCUT2D eigenvalue weighted by atomic mass is 9.91. The van der Waals surface area contributed by atoms with Crippen LogP contribution in [-0.4, -0.2) is 23.7 Å². The zero-order valence-corrected chi connectivity index (χ0v) is 13.7. The maximum absolute atomic E-state index is 12.0. The number of hydrogen-bond donors (Lipinski definition) is 0. The normalized spacial score (nSPS) is 17.5. The van der Waals surface area contributed by atoms with E-state index < -0.39 is 14.6 Å². The van der Waals surface area contributed by atoms with Crippen LogP contribution in [0.25, 0.3) is 0 Å². The van der Waals surface area contributed by atoms with Crippen molar-refractivity contribution in [3.8, 4) is 0 Å². The lowest BCUT2D eigenvalue weighted by Gasteiger charge is -2.26. The topological polar surface area (TPSA) is 34.1 Å². The van der Waals surface area contributed by atoms with Gasteiger partial charge in [-0.2, -0.15) is 0 Å². The van der Waals surface area contributed by atoms with Crippen LogP contribution in [0.15, 0.2) is 0 Å². The summed E-state index contributed by atoms with van der Waals surface area (Å²) in [5.74, 6) is 1.21. The van der Waals surface area contributed by atoms with Gasteiger partial charge in [-0.3, -0.25) is 0 Å². The van der Waals surface area contributed by atoms with Crippen LogP contribution >= 0.6 is 15.9 Å². The van der Waals surface area contributed by atoms with Crippen molar-refractivity contribution in [2.45, 2.75) is 57.5 Å². The van der Waals surface area contributed by atoms with Crippen molar-refractivity contribution < 1.29 is 8.42 Å². The van der Waals surface area contributed by atoms with E-state index in [1.54, 1.807) is 20.8 Å². The zero-order chi connectivity index (χ0) is 13.1. The van der Waals surface area contributed by atoms with E-state index in [0.717, 1.165) is 6.42 Å². The zero-order valence-electron chi connectivity index (χ0n) is 11.2. The molecule has 0 bridgehead atoms. The van der Waals surface area contributed by atoms with Crippen LogP contribution in [0.5, 0.6) is 0 Å². The van der Waals surface area contributed by atoms with Gasteiger partial charge in [0.05, 0.1) is 10.5 Å². The van der Waals surface area contributed by atoms with E-state index in [0.29, 0.717) is 16.7 Å². The molecule has 16 heavy (non-hydrogen) atoms. The molecular weight excluding hydrogens is 288 g/mol. The number of alkyl halides is 1. The van der Waals surface area contributed by atoms with Crippen LogP contribution in [0, 0.1) is 11.8 Å². The van der Waals surface area contributed by atoms with Gasteiger partial charge in [0.25, 0.3) is 0 Å². The Morgan fingerprint density at radius 1 is 1.12 bits per heavy atom. The van der Waals surface area contributed by atoms with E-state index in [1.165, 1.54) is 0 Å². The molecule has 0 N–H and O–H groups in total. The standard InChI is InChI=1S/C12H25BrO2S/c1-9(2)11(10(3)13)7-8-16(14,15)12(4,5)6/h9-11H,7-8H2,1-6H3. The molecule has 0 spiro atoms. The van der Waals surface area contributed by atoms with Gasteiger partial charge >= 0.3 is 0 Å². The van der Waals surface area contributed by atoms with Gasteiger partial charge in [0.15, 0.2) is 9.84 Å². The Balaban J connectivity index is 4.56. The van der Waals surface area contributed by atoms with Crippen molar-refractivity contribution in [1.82, 2.24) is 0 Å². The van der Waals surface area contributed by atoms with Gasteiger partial charge < -0.3 is 0 Å². The Kier molecular flexibility index (Phi) is 6.01. The van der Waals surface area contributed by atoms with Crippen molar-refractivity contribution in [2.75, 3.05) is 5.75 Å². The second-order valence-corrected chi connectivity index (χ2v) is 10.1. The molecule has 0 saturated carbocycles. The summed E-state index contributed by atoms with van der Waals surface area (Å²) in [5, 5.41) is 0. The smallest absolute Gasteiger partial charge is 0.155 e. The summed E-state index contributed by atoms with van der Waals surface area (Å²) in [5.41, 5.74) is 0. The molecular formula is C12H25BrO2S. The van der Waals surface area contributed by atoms with E-state index in [4.69, 9.17) is 0 Å². The average molecular weight is 313 g/mol. The average Bonchev–Trinajstić information content (AvgIpc) is 1.99. The third kappa shape index (κ3) is 4.74. The Bertz CT molecular complexity index is 291. The molecule has 0 amide bonds. The van der Waals surface area contributed by atoms with Crippen molar-refractivity contribution in [2.24, 2.45) is 11.8 Å². The number of rotatable bonds is 5.